The third-order valence-electron chi connectivity index (χ3n) is 7.90. The third-order valence-corrected chi connectivity index (χ3v) is 8.21. The number of hydrogen-bond acceptors (Lipinski definition) is 8. The third kappa shape index (κ3) is 9.50. The zero-order valence-electron chi connectivity index (χ0n) is 29.8. The molecule has 0 saturated carbocycles. The molecule has 1 fully saturated rings. The maximum absolute atomic E-state index is 13.9. The quantitative estimate of drug-likeness (QED) is 0.327. The maximum atomic E-state index is 13.9. The molecule has 4 rings (SSSR count). The summed E-state index contributed by atoms with van der Waals surface area (Å²) in [6.45, 7) is 13.3. The highest BCUT2D eigenvalue weighted by Crippen LogP contribution is 2.36. The lowest BCUT2D eigenvalue weighted by molar-refractivity contribution is -0.132. The summed E-state index contributed by atoms with van der Waals surface area (Å²) in [6, 6.07) is 10.5. The van der Waals surface area contributed by atoms with Crippen molar-refractivity contribution >= 4 is 59.2 Å². The summed E-state index contributed by atoms with van der Waals surface area (Å²) in [5.41, 5.74) is 6.49. The summed E-state index contributed by atoms with van der Waals surface area (Å²) in [5, 5.41) is 0.377. The van der Waals surface area contributed by atoms with Crippen LogP contribution < -0.4 is 5.73 Å². The molecule has 0 aromatic heterocycles. The second kappa shape index (κ2) is 15.5. The minimum absolute atomic E-state index is 0.0651. The predicted molar refractivity (Wildman–Crippen MR) is 192 cm³/mol. The SMILES string of the molecule is CCCN(CC(N)=O)C(=O)C1=Cc2cc(-c3ccc(C(=O)N4CCCC4)cc3Cl)ccc2N=C(OC(=O)N(C(=O)OC(C)(C)C)C(C)(C)C)C1. The molecule has 12 nitrogen and oxygen atoms in total. The molecule has 50 heavy (non-hydrogen) atoms. The second-order valence-electron chi connectivity index (χ2n) is 14.4. The van der Waals surface area contributed by atoms with Crippen molar-refractivity contribution in [1.29, 1.82) is 0 Å². The van der Waals surface area contributed by atoms with Crippen molar-refractivity contribution in [3.05, 3.63) is 58.1 Å². The van der Waals surface area contributed by atoms with Gasteiger partial charge in [-0.1, -0.05) is 30.7 Å². The average molecular weight is 708 g/mol. The van der Waals surface area contributed by atoms with E-state index < -0.39 is 35.1 Å². The highest BCUT2D eigenvalue weighted by atomic mass is 35.5. The van der Waals surface area contributed by atoms with Gasteiger partial charge in [-0.15, -0.1) is 0 Å². The largest absolute Gasteiger partial charge is 0.443 e. The van der Waals surface area contributed by atoms with E-state index in [4.69, 9.17) is 26.8 Å². The van der Waals surface area contributed by atoms with Crippen molar-refractivity contribution in [3.63, 3.8) is 0 Å². The summed E-state index contributed by atoms with van der Waals surface area (Å²) >= 11 is 6.73. The smallest absolute Gasteiger partial charge is 0.426 e. The second-order valence-corrected chi connectivity index (χ2v) is 14.8. The lowest BCUT2D eigenvalue weighted by Gasteiger charge is -2.34. The van der Waals surface area contributed by atoms with Crippen LogP contribution in [-0.4, -0.2) is 87.8 Å². The van der Waals surface area contributed by atoms with Gasteiger partial charge in [0, 0.05) is 52.5 Å². The van der Waals surface area contributed by atoms with E-state index in [2.05, 4.69) is 4.99 Å². The fraction of sp³-hybridized carbons (Fsp3) is 0.459. The Morgan fingerprint density at radius 3 is 2.22 bits per heavy atom. The van der Waals surface area contributed by atoms with Crippen LogP contribution in [0.2, 0.25) is 5.02 Å². The minimum atomic E-state index is -1.03. The van der Waals surface area contributed by atoms with Crippen molar-refractivity contribution in [2.24, 2.45) is 10.7 Å². The Balaban J connectivity index is 1.75. The van der Waals surface area contributed by atoms with Gasteiger partial charge in [-0.05, 0) is 96.7 Å². The van der Waals surface area contributed by atoms with E-state index in [1.165, 1.54) is 4.90 Å². The molecule has 0 bridgehead atoms. The Bertz CT molecular complexity index is 1730. The van der Waals surface area contributed by atoms with Crippen LogP contribution in [0.15, 0.2) is 47.0 Å². The molecule has 2 aliphatic heterocycles. The molecule has 0 radical (unpaired) electrons. The van der Waals surface area contributed by atoms with Gasteiger partial charge < -0.3 is 25.0 Å². The number of imide groups is 1. The van der Waals surface area contributed by atoms with Crippen molar-refractivity contribution in [1.82, 2.24) is 14.7 Å². The number of aliphatic imine (C=N–C) groups is 1. The number of nitrogens with two attached hydrogens (primary N) is 1. The number of primary amides is 1. The standard InChI is InChI=1S/C37H46ClN5O7/c1-8-15-42(22-30(39)44)33(46)26-19-25-18-23(27-13-11-24(20-28(27)38)32(45)41-16-9-10-17-41)12-14-29(25)40-31(21-26)49-34(47)43(36(2,3)4)35(48)50-37(5,6)7/h11-14,18-20H,8-10,15-17,21-22H2,1-7H3,(H2,39,44). The fourth-order valence-corrected chi connectivity index (χ4v) is 5.98. The summed E-state index contributed by atoms with van der Waals surface area (Å²) in [5.74, 6) is -1.37. The molecule has 1 saturated heterocycles. The molecule has 2 aliphatic rings. The van der Waals surface area contributed by atoms with E-state index in [0.717, 1.165) is 30.8 Å². The van der Waals surface area contributed by atoms with Crippen LogP contribution in [0.3, 0.4) is 0 Å². The van der Waals surface area contributed by atoms with Crippen molar-refractivity contribution in [2.45, 2.75) is 85.3 Å². The van der Waals surface area contributed by atoms with Gasteiger partial charge in [0.25, 0.3) is 11.8 Å². The highest BCUT2D eigenvalue weighted by molar-refractivity contribution is 6.33. The Morgan fingerprint density at radius 1 is 0.960 bits per heavy atom. The number of ether oxygens (including phenoxy) is 2. The monoisotopic (exact) mass is 707 g/mol. The number of nitrogens with zero attached hydrogens (tertiary/aromatic N) is 4. The lowest BCUT2D eigenvalue weighted by atomic mass is 9.99. The summed E-state index contributed by atoms with van der Waals surface area (Å²) in [7, 11) is 0. The molecular weight excluding hydrogens is 662 g/mol. The van der Waals surface area contributed by atoms with Crippen LogP contribution >= 0.6 is 11.6 Å². The van der Waals surface area contributed by atoms with E-state index in [1.807, 2.05) is 11.8 Å². The first-order chi connectivity index (χ1) is 23.4. The minimum Gasteiger partial charge on any atom is -0.443 e. The Hall–Kier alpha value is -4.71. The van der Waals surface area contributed by atoms with Gasteiger partial charge >= 0.3 is 12.2 Å². The topological polar surface area (TPSA) is 152 Å². The molecule has 2 aromatic carbocycles. The van der Waals surface area contributed by atoms with Gasteiger partial charge in [-0.2, -0.15) is 0 Å². The van der Waals surface area contributed by atoms with Gasteiger partial charge in [0.1, 0.15) is 5.60 Å². The molecule has 0 atom stereocenters. The van der Waals surface area contributed by atoms with Gasteiger partial charge in [-0.3, -0.25) is 14.4 Å². The maximum Gasteiger partial charge on any atom is 0.426 e. The molecule has 13 heteroatoms. The number of amides is 5. The highest BCUT2D eigenvalue weighted by Gasteiger charge is 2.38. The molecule has 0 spiro atoms. The van der Waals surface area contributed by atoms with E-state index in [9.17, 15) is 24.0 Å². The number of fused-ring (bicyclic) bond motifs is 1. The van der Waals surface area contributed by atoms with Gasteiger partial charge in [0.15, 0.2) is 0 Å². The number of carbonyl (C=O) groups excluding carboxylic acids is 5. The molecule has 2 N–H and O–H groups in total. The summed E-state index contributed by atoms with van der Waals surface area (Å²) in [6.07, 6.45) is 1.99. The number of halogens is 1. The van der Waals surface area contributed by atoms with Crippen LogP contribution in [-0.2, 0) is 19.1 Å². The van der Waals surface area contributed by atoms with E-state index >= 15 is 0 Å². The van der Waals surface area contributed by atoms with Crippen LogP contribution in [0.5, 0.6) is 0 Å². The number of carbonyl (C=O) groups is 5. The van der Waals surface area contributed by atoms with E-state index in [-0.39, 0.29) is 36.9 Å². The number of benzene rings is 2. The lowest BCUT2D eigenvalue weighted by Crippen LogP contribution is -2.51. The van der Waals surface area contributed by atoms with Crippen LogP contribution in [0.4, 0.5) is 15.3 Å². The molecular formula is C37H46ClN5O7. The zero-order valence-corrected chi connectivity index (χ0v) is 30.6. The normalized spacial score (nSPS) is 14.5. The number of likely N-dealkylation sites (tertiary alicyclic amines) is 1. The molecule has 5 amide bonds. The average Bonchev–Trinajstić information content (AvgIpc) is 3.47. The fourth-order valence-electron chi connectivity index (χ4n) is 5.69. The first-order valence-electron chi connectivity index (χ1n) is 16.7. The first-order valence-corrected chi connectivity index (χ1v) is 17.1. The number of rotatable bonds is 7. The Kier molecular flexibility index (Phi) is 11.8. The molecule has 2 aromatic rings. The van der Waals surface area contributed by atoms with Crippen molar-refractivity contribution in [2.75, 3.05) is 26.2 Å². The van der Waals surface area contributed by atoms with Gasteiger partial charge in [-0.25, -0.2) is 19.5 Å². The molecule has 0 aliphatic carbocycles. The van der Waals surface area contributed by atoms with Gasteiger partial charge in [0.05, 0.1) is 18.7 Å². The van der Waals surface area contributed by atoms with Crippen LogP contribution in [0, 0.1) is 0 Å². The van der Waals surface area contributed by atoms with Crippen LogP contribution in [0.25, 0.3) is 17.2 Å². The first kappa shape index (κ1) is 38.1. The zero-order chi connectivity index (χ0) is 37.0. The molecule has 0 unspecified atom stereocenters. The summed E-state index contributed by atoms with van der Waals surface area (Å²) < 4.78 is 11.2. The van der Waals surface area contributed by atoms with Crippen molar-refractivity contribution < 1.29 is 33.4 Å². The van der Waals surface area contributed by atoms with Crippen LogP contribution in [0.1, 0.15) is 90.1 Å². The van der Waals surface area contributed by atoms with E-state index in [1.54, 1.807) is 84.0 Å². The Morgan fingerprint density at radius 2 is 1.64 bits per heavy atom. The molecule has 2 heterocycles. The van der Waals surface area contributed by atoms with Crippen molar-refractivity contribution in [3.8, 4) is 11.1 Å². The Labute approximate surface area is 298 Å². The van der Waals surface area contributed by atoms with Gasteiger partial charge in [0.2, 0.25) is 11.8 Å². The predicted octanol–water partition coefficient (Wildman–Crippen LogP) is 6.96. The molecule has 268 valence electrons. The summed E-state index contributed by atoms with van der Waals surface area (Å²) in [4.78, 5) is 74.1. The van der Waals surface area contributed by atoms with E-state index in [0.29, 0.717) is 39.4 Å². The number of hydrogen-bond donors (Lipinski definition) is 1.